The molecular weight excluding hydrogens is 420 g/mol. The minimum absolute atomic E-state index is 0.0285. The van der Waals surface area contributed by atoms with Crippen molar-refractivity contribution in [2.45, 2.75) is 63.7 Å². The Labute approximate surface area is 192 Å². The number of rotatable bonds is 3. The van der Waals surface area contributed by atoms with Crippen LogP contribution in [0.2, 0.25) is 0 Å². The Bertz CT molecular complexity index is 1170. The zero-order chi connectivity index (χ0) is 22.2. The van der Waals surface area contributed by atoms with E-state index >= 15 is 0 Å². The van der Waals surface area contributed by atoms with E-state index in [1.54, 1.807) is 23.3 Å². The summed E-state index contributed by atoms with van der Waals surface area (Å²) in [5.41, 5.74) is 4.25. The van der Waals surface area contributed by atoms with Crippen LogP contribution in [0.5, 0.6) is 5.75 Å². The molecule has 32 heavy (non-hydrogen) atoms. The molecule has 1 atom stereocenters. The van der Waals surface area contributed by atoms with E-state index in [1.165, 1.54) is 11.3 Å². The Morgan fingerprint density at radius 1 is 1.09 bits per heavy atom. The van der Waals surface area contributed by atoms with Gasteiger partial charge < -0.3 is 4.74 Å². The van der Waals surface area contributed by atoms with E-state index in [0.29, 0.717) is 18.4 Å². The summed E-state index contributed by atoms with van der Waals surface area (Å²) in [6.07, 6.45) is 7.39. The highest BCUT2D eigenvalue weighted by Gasteiger charge is 2.41. The van der Waals surface area contributed by atoms with Crippen LogP contribution in [0.25, 0.3) is 0 Å². The van der Waals surface area contributed by atoms with Crippen LogP contribution in [0, 0.1) is 11.3 Å². The number of aryl methyl sites for hydroxylation is 1. The molecule has 0 fully saturated rings. The molecule has 164 valence electrons. The monoisotopic (exact) mass is 446 g/mol. The second-order valence-corrected chi connectivity index (χ2v) is 9.84. The second-order valence-electron chi connectivity index (χ2n) is 8.76. The average Bonchev–Trinajstić information content (AvgIpc) is 2.98. The number of hydrogen-bond acceptors (Lipinski definition) is 5. The van der Waals surface area contributed by atoms with Crippen LogP contribution in [-0.2, 0) is 22.4 Å². The fourth-order valence-corrected chi connectivity index (χ4v) is 6.75. The van der Waals surface area contributed by atoms with Crippen LogP contribution < -0.4 is 9.64 Å². The first kappa shape index (κ1) is 21.0. The van der Waals surface area contributed by atoms with Gasteiger partial charge in [-0.2, -0.15) is 5.26 Å². The molecule has 0 bridgehead atoms. The zero-order valence-electron chi connectivity index (χ0n) is 18.3. The number of carbonyl (C=O) groups is 2. The summed E-state index contributed by atoms with van der Waals surface area (Å²) in [5, 5.41) is 10.8. The van der Waals surface area contributed by atoms with Gasteiger partial charge >= 0.3 is 0 Å². The Morgan fingerprint density at radius 3 is 2.75 bits per heavy atom. The third-order valence-corrected chi connectivity index (χ3v) is 8.17. The van der Waals surface area contributed by atoms with Gasteiger partial charge in [0, 0.05) is 34.9 Å². The molecule has 2 aromatic rings. The van der Waals surface area contributed by atoms with Gasteiger partial charge in [0.25, 0.3) is 0 Å². The predicted octanol–water partition coefficient (Wildman–Crippen LogP) is 5.42. The summed E-state index contributed by atoms with van der Waals surface area (Å²) >= 11 is 1.59. The lowest BCUT2D eigenvalue weighted by Crippen LogP contribution is -2.40. The number of hydrogen-bond donors (Lipinski definition) is 0. The van der Waals surface area contributed by atoms with Crippen molar-refractivity contribution in [1.29, 1.82) is 5.26 Å². The molecule has 1 amide bonds. The Morgan fingerprint density at radius 2 is 1.94 bits per heavy atom. The molecule has 6 heteroatoms. The highest BCUT2D eigenvalue weighted by atomic mass is 32.1. The number of methoxy groups -OCH3 is 1. The maximum absolute atomic E-state index is 13.6. The number of ether oxygens (including phenoxy) is 1. The van der Waals surface area contributed by atoms with Crippen LogP contribution in [-0.4, -0.2) is 18.8 Å². The number of amides is 1. The third kappa shape index (κ3) is 3.45. The predicted molar refractivity (Wildman–Crippen MR) is 124 cm³/mol. The minimum atomic E-state index is -0.264. The summed E-state index contributed by atoms with van der Waals surface area (Å²) in [7, 11) is 1.62. The Balaban J connectivity index is 1.65. The average molecular weight is 447 g/mol. The van der Waals surface area contributed by atoms with Gasteiger partial charge in [-0.1, -0.05) is 18.6 Å². The Hall–Kier alpha value is -2.91. The normalized spacial score (nSPS) is 21.0. The number of allylic oxidation sites excluding steroid dienone is 2. The van der Waals surface area contributed by atoms with Gasteiger partial charge in [-0.3, -0.25) is 14.5 Å². The first-order valence-electron chi connectivity index (χ1n) is 11.4. The van der Waals surface area contributed by atoms with Crippen molar-refractivity contribution in [3.8, 4) is 11.8 Å². The van der Waals surface area contributed by atoms with E-state index in [9.17, 15) is 14.9 Å². The molecule has 0 unspecified atom stereocenters. The fraction of sp³-hybridized carbons (Fsp3) is 0.423. The standard InChI is InChI=1S/C26H26N2O3S/c1-31-17-8-5-7-16(13-17)19-14-24(30)28(21-10-6-11-22(29)25(19)21)26-20(15-27)18-9-3-2-4-12-23(18)32-26/h5,7-8,13,19H,2-4,6,9-12,14H2,1H3/t19-/m1/s1. The molecule has 1 aromatic heterocycles. The minimum Gasteiger partial charge on any atom is -0.497 e. The molecule has 3 aliphatic rings. The number of anilines is 1. The summed E-state index contributed by atoms with van der Waals surface area (Å²) in [6.45, 7) is 0. The van der Waals surface area contributed by atoms with E-state index in [0.717, 1.165) is 65.3 Å². The van der Waals surface area contributed by atoms with Crippen LogP contribution in [0.4, 0.5) is 5.00 Å². The maximum Gasteiger partial charge on any atom is 0.232 e. The van der Waals surface area contributed by atoms with Gasteiger partial charge in [-0.25, -0.2) is 0 Å². The molecule has 0 saturated heterocycles. The largest absolute Gasteiger partial charge is 0.497 e. The lowest BCUT2D eigenvalue weighted by Gasteiger charge is -2.38. The molecule has 0 spiro atoms. The number of nitrogens with zero attached hydrogens (tertiary/aromatic N) is 2. The molecular formula is C26H26N2O3S. The lowest BCUT2D eigenvalue weighted by atomic mass is 9.77. The van der Waals surface area contributed by atoms with Gasteiger partial charge in [0.1, 0.15) is 16.8 Å². The van der Waals surface area contributed by atoms with Gasteiger partial charge in [0.2, 0.25) is 5.91 Å². The van der Waals surface area contributed by atoms with Crippen molar-refractivity contribution in [2.24, 2.45) is 0 Å². The van der Waals surface area contributed by atoms with Gasteiger partial charge in [0.15, 0.2) is 5.78 Å². The van der Waals surface area contributed by atoms with Crippen LogP contribution in [0.1, 0.15) is 72.4 Å². The summed E-state index contributed by atoms with van der Waals surface area (Å²) < 4.78 is 5.38. The number of benzene rings is 1. The third-order valence-electron chi connectivity index (χ3n) is 6.89. The van der Waals surface area contributed by atoms with Gasteiger partial charge in [0.05, 0.1) is 12.7 Å². The summed E-state index contributed by atoms with van der Waals surface area (Å²) in [4.78, 5) is 29.7. The zero-order valence-corrected chi connectivity index (χ0v) is 19.1. The van der Waals surface area contributed by atoms with E-state index in [4.69, 9.17) is 4.74 Å². The Kier molecular flexibility index (Phi) is 5.60. The number of ketones is 1. The number of thiophene rings is 1. The van der Waals surface area contributed by atoms with Crippen molar-refractivity contribution in [3.05, 3.63) is 57.1 Å². The van der Waals surface area contributed by atoms with Crippen molar-refractivity contribution in [1.82, 2.24) is 0 Å². The molecule has 1 aromatic carbocycles. The fourth-order valence-electron chi connectivity index (χ4n) is 5.37. The molecule has 5 rings (SSSR count). The molecule has 5 nitrogen and oxygen atoms in total. The molecule has 2 heterocycles. The number of carbonyl (C=O) groups excluding carboxylic acids is 2. The van der Waals surface area contributed by atoms with Gasteiger partial charge in [-0.15, -0.1) is 11.3 Å². The number of Topliss-reactive ketones (excluding diaryl/α,β-unsaturated/α-hetero) is 1. The highest BCUT2D eigenvalue weighted by molar-refractivity contribution is 7.16. The summed E-state index contributed by atoms with van der Waals surface area (Å²) in [5.74, 6) is 0.545. The van der Waals surface area contributed by atoms with Crippen LogP contribution >= 0.6 is 11.3 Å². The topological polar surface area (TPSA) is 70.4 Å². The highest BCUT2D eigenvalue weighted by Crippen LogP contribution is 2.48. The number of nitriles is 1. The SMILES string of the molecule is COc1cccc([C@H]2CC(=O)N(c3sc4c(c3C#N)CCCCC4)C3=C2C(=O)CCC3)c1. The van der Waals surface area contributed by atoms with Crippen molar-refractivity contribution < 1.29 is 14.3 Å². The lowest BCUT2D eigenvalue weighted by molar-refractivity contribution is -0.119. The van der Waals surface area contributed by atoms with Crippen LogP contribution in [0.3, 0.4) is 0 Å². The summed E-state index contributed by atoms with van der Waals surface area (Å²) in [6, 6.07) is 10.1. The quantitative estimate of drug-likeness (QED) is 0.590. The first-order valence-corrected chi connectivity index (χ1v) is 12.2. The van der Waals surface area contributed by atoms with E-state index < -0.39 is 0 Å². The van der Waals surface area contributed by atoms with E-state index in [2.05, 4.69) is 6.07 Å². The van der Waals surface area contributed by atoms with Gasteiger partial charge in [-0.05, 0) is 61.8 Å². The van der Waals surface area contributed by atoms with Crippen molar-refractivity contribution in [3.63, 3.8) is 0 Å². The van der Waals surface area contributed by atoms with Crippen molar-refractivity contribution >= 4 is 28.0 Å². The molecule has 0 radical (unpaired) electrons. The van der Waals surface area contributed by atoms with Crippen LogP contribution in [0.15, 0.2) is 35.5 Å². The smallest absolute Gasteiger partial charge is 0.232 e. The number of fused-ring (bicyclic) bond motifs is 1. The van der Waals surface area contributed by atoms with E-state index in [1.807, 2.05) is 24.3 Å². The second kappa shape index (κ2) is 8.55. The molecule has 2 aliphatic carbocycles. The molecule has 0 N–H and O–H groups in total. The molecule has 0 saturated carbocycles. The van der Waals surface area contributed by atoms with E-state index in [-0.39, 0.29) is 24.0 Å². The molecule has 1 aliphatic heterocycles. The van der Waals surface area contributed by atoms with Crippen molar-refractivity contribution in [2.75, 3.05) is 12.0 Å². The maximum atomic E-state index is 13.6. The first-order chi connectivity index (χ1) is 15.6.